The Labute approximate surface area is 139 Å². The summed E-state index contributed by atoms with van der Waals surface area (Å²) in [4.78, 5) is 14.3. The molecule has 2 aromatic carbocycles. The van der Waals surface area contributed by atoms with Crippen LogP contribution in [0.4, 0.5) is 5.69 Å². The summed E-state index contributed by atoms with van der Waals surface area (Å²) >= 11 is 12.2. The first-order valence-corrected chi connectivity index (χ1v) is 7.80. The number of halogens is 2. The molecule has 1 heterocycles. The molecular weight excluding hydrogens is 321 g/mol. The number of anilines is 1. The monoisotopic (exact) mass is 335 g/mol. The Balaban J connectivity index is 2.07. The van der Waals surface area contributed by atoms with Crippen molar-refractivity contribution in [2.75, 3.05) is 4.90 Å². The number of carbonyl (C=O) groups is 1. The van der Waals surface area contributed by atoms with Crippen molar-refractivity contribution in [3.05, 3.63) is 63.6 Å². The van der Waals surface area contributed by atoms with Crippen molar-refractivity contribution in [2.45, 2.75) is 25.5 Å². The summed E-state index contributed by atoms with van der Waals surface area (Å²) in [6, 6.07) is 12.5. The third kappa shape index (κ3) is 2.30. The molecule has 1 amide bonds. The van der Waals surface area contributed by atoms with Crippen LogP contribution >= 0.6 is 23.2 Å². The number of fused-ring (bicyclic) bond motifs is 1. The lowest BCUT2D eigenvalue weighted by Gasteiger charge is -2.22. The van der Waals surface area contributed by atoms with Crippen LogP contribution in [0.2, 0.25) is 10.0 Å². The lowest BCUT2D eigenvalue weighted by molar-refractivity contribution is -0.136. The van der Waals surface area contributed by atoms with Crippen LogP contribution in [0.15, 0.2) is 42.5 Å². The van der Waals surface area contributed by atoms with E-state index in [-0.39, 0.29) is 12.3 Å². The van der Waals surface area contributed by atoms with Crippen LogP contribution in [0.3, 0.4) is 0 Å². The van der Waals surface area contributed by atoms with E-state index in [1.54, 1.807) is 36.1 Å². The minimum Gasteiger partial charge on any atom is -0.375 e. The highest BCUT2D eigenvalue weighted by Crippen LogP contribution is 2.44. The summed E-state index contributed by atoms with van der Waals surface area (Å²) < 4.78 is 0. The highest BCUT2D eigenvalue weighted by Gasteiger charge is 2.48. The molecule has 3 rings (SSSR count). The van der Waals surface area contributed by atoms with Gasteiger partial charge in [-0.1, -0.05) is 48.3 Å². The van der Waals surface area contributed by atoms with Crippen LogP contribution in [0.5, 0.6) is 0 Å². The molecule has 0 fully saturated rings. The fourth-order valence-corrected chi connectivity index (χ4v) is 3.19. The summed E-state index contributed by atoms with van der Waals surface area (Å²) in [5.41, 5.74) is 0.540. The molecule has 0 saturated carbocycles. The normalized spacial score (nSPS) is 20.4. The van der Waals surface area contributed by atoms with Gasteiger partial charge in [0.2, 0.25) is 0 Å². The Hall–Kier alpha value is -1.55. The SMILES string of the molecule is CCC1(O)C(=O)N(Cc2ccccc2Cl)c2ccc(Cl)cc21. The Morgan fingerprint density at radius 2 is 1.91 bits per heavy atom. The molecule has 1 aliphatic heterocycles. The second-order valence-corrected chi connectivity index (χ2v) is 6.20. The van der Waals surface area contributed by atoms with Crippen LogP contribution in [-0.2, 0) is 16.9 Å². The number of aliphatic hydroxyl groups is 1. The van der Waals surface area contributed by atoms with Gasteiger partial charge in [-0.25, -0.2) is 0 Å². The molecule has 1 atom stereocenters. The number of hydrogen-bond donors (Lipinski definition) is 1. The lowest BCUT2D eigenvalue weighted by atomic mass is 9.93. The third-order valence-electron chi connectivity index (χ3n) is 4.09. The van der Waals surface area contributed by atoms with E-state index in [9.17, 15) is 9.90 Å². The molecule has 1 aliphatic rings. The summed E-state index contributed by atoms with van der Waals surface area (Å²) in [7, 11) is 0. The molecule has 114 valence electrons. The third-order valence-corrected chi connectivity index (χ3v) is 4.70. The van der Waals surface area contributed by atoms with Gasteiger partial charge < -0.3 is 10.0 Å². The minimum absolute atomic E-state index is 0.290. The van der Waals surface area contributed by atoms with Crippen molar-refractivity contribution in [1.82, 2.24) is 0 Å². The predicted octanol–water partition coefficient (Wildman–Crippen LogP) is 4.14. The Morgan fingerprint density at radius 3 is 2.59 bits per heavy atom. The average molecular weight is 336 g/mol. The van der Waals surface area contributed by atoms with E-state index in [4.69, 9.17) is 23.2 Å². The van der Waals surface area contributed by atoms with Crippen LogP contribution in [0.25, 0.3) is 0 Å². The van der Waals surface area contributed by atoms with Crippen LogP contribution in [0, 0.1) is 0 Å². The molecule has 1 N–H and O–H groups in total. The van der Waals surface area contributed by atoms with Crippen molar-refractivity contribution in [1.29, 1.82) is 0 Å². The van der Waals surface area contributed by atoms with Crippen molar-refractivity contribution in [3.8, 4) is 0 Å². The minimum atomic E-state index is -1.53. The zero-order valence-corrected chi connectivity index (χ0v) is 13.5. The van der Waals surface area contributed by atoms with Gasteiger partial charge in [0.05, 0.1) is 12.2 Å². The molecule has 22 heavy (non-hydrogen) atoms. The van der Waals surface area contributed by atoms with Gasteiger partial charge >= 0.3 is 0 Å². The van der Waals surface area contributed by atoms with Crippen LogP contribution < -0.4 is 4.90 Å². The Kier molecular flexibility index (Phi) is 3.89. The second-order valence-electron chi connectivity index (χ2n) is 5.36. The molecule has 0 radical (unpaired) electrons. The molecule has 0 bridgehead atoms. The van der Waals surface area contributed by atoms with Crippen molar-refractivity contribution < 1.29 is 9.90 Å². The Morgan fingerprint density at radius 1 is 1.18 bits per heavy atom. The van der Waals surface area contributed by atoms with E-state index in [2.05, 4.69) is 0 Å². The number of carbonyl (C=O) groups excluding carboxylic acids is 1. The fraction of sp³-hybridized carbons (Fsp3) is 0.235. The molecule has 0 spiro atoms. The molecular formula is C17H15Cl2NO2. The van der Waals surface area contributed by atoms with E-state index in [0.29, 0.717) is 27.8 Å². The number of amides is 1. The van der Waals surface area contributed by atoms with Gasteiger partial charge in [0, 0.05) is 15.6 Å². The Bertz CT molecular complexity index is 747. The zero-order chi connectivity index (χ0) is 15.9. The van der Waals surface area contributed by atoms with Crippen molar-refractivity contribution in [2.24, 2.45) is 0 Å². The van der Waals surface area contributed by atoms with E-state index in [1.165, 1.54) is 0 Å². The van der Waals surface area contributed by atoms with Gasteiger partial charge in [0.1, 0.15) is 0 Å². The smallest absolute Gasteiger partial charge is 0.263 e. The number of benzene rings is 2. The van der Waals surface area contributed by atoms with Gasteiger partial charge in [-0.2, -0.15) is 0 Å². The number of hydrogen-bond acceptors (Lipinski definition) is 2. The second kappa shape index (κ2) is 5.58. The first-order valence-electron chi connectivity index (χ1n) is 7.05. The van der Waals surface area contributed by atoms with Gasteiger partial charge in [0.25, 0.3) is 5.91 Å². The molecule has 1 unspecified atom stereocenters. The largest absolute Gasteiger partial charge is 0.375 e. The average Bonchev–Trinajstić information content (AvgIpc) is 2.72. The number of nitrogens with zero attached hydrogens (tertiary/aromatic N) is 1. The first kappa shape index (κ1) is 15.3. The zero-order valence-electron chi connectivity index (χ0n) is 12.0. The molecule has 2 aromatic rings. The summed E-state index contributed by atoms with van der Waals surface area (Å²) in [6.45, 7) is 2.09. The van der Waals surface area contributed by atoms with Gasteiger partial charge in [0.15, 0.2) is 5.60 Å². The maximum absolute atomic E-state index is 12.7. The van der Waals surface area contributed by atoms with Crippen molar-refractivity contribution >= 4 is 34.8 Å². The van der Waals surface area contributed by atoms with E-state index in [0.717, 1.165) is 5.56 Å². The maximum atomic E-state index is 12.7. The highest BCUT2D eigenvalue weighted by atomic mass is 35.5. The topological polar surface area (TPSA) is 40.5 Å². The van der Waals surface area contributed by atoms with Gasteiger partial charge in [-0.15, -0.1) is 0 Å². The molecule has 3 nitrogen and oxygen atoms in total. The predicted molar refractivity (Wildman–Crippen MR) is 88.3 cm³/mol. The molecule has 0 aromatic heterocycles. The summed E-state index contributed by atoms with van der Waals surface area (Å²) in [5.74, 6) is -0.341. The van der Waals surface area contributed by atoms with Crippen LogP contribution in [-0.4, -0.2) is 11.0 Å². The summed E-state index contributed by atoms with van der Waals surface area (Å²) in [6.07, 6.45) is 0.290. The quantitative estimate of drug-likeness (QED) is 0.915. The van der Waals surface area contributed by atoms with E-state index >= 15 is 0 Å². The first-order chi connectivity index (χ1) is 10.5. The number of rotatable bonds is 3. The van der Waals surface area contributed by atoms with Crippen molar-refractivity contribution in [3.63, 3.8) is 0 Å². The highest BCUT2D eigenvalue weighted by molar-refractivity contribution is 6.31. The van der Waals surface area contributed by atoms with E-state index in [1.807, 2.05) is 18.2 Å². The standard InChI is InChI=1S/C17H15Cl2NO2/c1-2-17(22)13-9-12(18)7-8-15(13)20(16(17)21)10-11-5-3-4-6-14(11)19/h3-9,22H,2,10H2,1H3. The summed E-state index contributed by atoms with van der Waals surface area (Å²) in [5, 5.41) is 11.9. The molecule has 0 aliphatic carbocycles. The van der Waals surface area contributed by atoms with Crippen LogP contribution in [0.1, 0.15) is 24.5 Å². The molecule has 5 heteroatoms. The fourth-order valence-electron chi connectivity index (χ4n) is 2.82. The molecule has 0 saturated heterocycles. The van der Waals surface area contributed by atoms with E-state index < -0.39 is 5.60 Å². The van der Waals surface area contributed by atoms with Gasteiger partial charge in [-0.3, -0.25) is 4.79 Å². The lowest BCUT2D eigenvalue weighted by Crippen LogP contribution is -2.39. The van der Waals surface area contributed by atoms with Gasteiger partial charge in [-0.05, 0) is 36.2 Å². The maximum Gasteiger partial charge on any atom is 0.263 e.